The van der Waals surface area contributed by atoms with E-state index in [1.165, 1.54) is 5.56 Å². The largest absolute Gasteiger partial charge is 0.352 e. The van der Waals surface area contributed by atoms with Gasteiger partial charge >= 0.3 is 0 Å². The van der Waals surface area contributed by atoms with Crippen molar-refractivity contribution in [3.05, 3.63) is 47.3 Å². The van der Waals surface area contributed by atoms with Gasteiger partial charge in [0.1, 0.15) is 0 Å². The van der Waals surface area contributed by atoms with Crippen molar-refractivity contribution >= 4 is 5.91 Å². The van der Waals surface area contributed by atoms with Gasteiger partial charge in [-0.3, -0.25) is 9.69 Å². The molecular weight excluding hydrogens is 324 g/mol. The zero-order valence-corrected chi connectivity index (χ0v) is 16.3. The molecule has 0 bridgehead atoms. The molecule has 1 saturated heterocycles. The minimum atomic E-state index is 0.0736. The minimum absolute atomic E-state index is 0.0736. The van der Waals surface area contributed by atoms with E-state index in [1.807, 2.05) is 11.6 Å². The van der Waals surface area contributed by atoms with Crippen molar-refractivity contribution in [3.63, 3.8) is 0 Å². The average molecular weight is 354 g/mol. The molecule has 1 amide bonds. The van der Waals surface area contributed by atoms with Crippen LogP contribution in [0.25, 0.3) is 5.69 Å². The highest BCUT2D eigenvalue weighted by atomic mass is 16.1. The predicted octanol–water partition coefficient (Wildman–Crippen LogP) is 3.23. The first kappa shape index (κ1) is 18.6. The quantitative estimate of drug-likeness (QED) is 0.866. The molecule has 0 radical (unpaired) electrons. The number of nitrogens with zero attached hydrogens (tertiary/aromatic N) is 3. The van der Waals surface area contributed by atoms with Crippen LogP contribution in [0.1, 0.15) is 43.6 Å². The van der Waals surface area contributed by atoms with Crippen LogP contribution in [0.4, 0.5) is 0 Å². The zero-order valence-electron chi connectivity index (χ0n) is 16.3. The van der Waals surface area contributed by atoms with Gasteiger partial charge < -0.3 is 5.32 Å². The summed E-state index contributed by atoms with van der Waals surface area (Å²) in [5.41, 5.74) is 4.58. The van der Waals surface area contributed by atoms with Crippen LogP contribution in [0, 0.1) is 19.8 Å². The van der Waals surface area contributed by atoms with Crippen LogP contribution in [0.15, 0.2) is 30.3 Å². The number of rotatable bonds is 6. The molecule has 0 saturated carbocycles. The van der Waals surface area contributed by atoms with Gasteiger partial charge in [0, 0.05) is 38.3 Å². The number of hydrogen-bond acceptors (Lipinski definition) is 3. The van der Waals surface area contributed by atoms with Gasteiger partial charge in [0.05, 0.1) is 11.4 Å². The maximum Gasteiger partial charge on any atom is 0.217 e. The van der Waals surface area contributed by atoms with Crippen LogP contribution < -0.4 is 5.32 Å². The number of likely N-dealkylation sites (tertiary alicyclic amines) is 1. The van der Waals surface area contributed by atoms with Gasteiger partial charge in [-0.25, -0.2) is 4.68 Å². The molecule has 0 spiro atoms. The van der Waals surface area contributed by atoms with Crippen LogP contribution in [0.5, 0.6) is 0 Å². The van der Waals surface area contributed by atoms with E-state index in [4.69, 9.17) is 0 Å². The third-order valence-electron chi connectivity index (χ3n) is 5.14. The Morgan fingerprint density at radius 1 is 1.27 bits per heavy atom. The van der Waals surface area contributed by atoms with Crippen LogP contribution in [0.3, 0.4) is 0 Å². The molecule has 5 heteroatoms. The predicted molar refractivity (Wildman–Crippen MR) is 104 cm³/mol. The lowest BCUT2D eigenvalue weighted by molar-refractivity contribution is -0.119. The van der Waals surface area contributed by atoms with E-state index in [2.05, 4.69) is 59.5 Å². The second-order valence-electron chi connectivity index (χ2n) is 7.56. The Bertz CT molecular complexity index is 767. The van der Waals surface area contributed by atoms with E-state index < -0.39 is 0 Å². The number of hydrogen-bond donors (Lipinski definition) is 1. The summed E-state index contributed by atoms with van der Waals surface area (Å²) in [4.78, 5) is 14.0. The van der Waals surface area contributed by atoms with Gasteiger partial charge in [0.25, 0.3) is 0 Å². The summed E-state index contributed by atoms with van der Waals surface area (Å²) in [6.45, 7) is 10.8. The van der Waals surface area contributed by atoms with Crippen molar-refractivity contribution < 1.29 is 4.79 Å². The molecule has 1 aliphatic heterocycles. The van der Waals surface area contributed by atoms with E-state index in [0.717, 1.165) is 49.6 Å². The molecule has 0 aliphatic carbocycles. The minimum Gasteiger partial charge on any atom is -0.352 e. The number of carbonyl (C=O) groups is 1. The Kier molecular flexibility index (Phi) is 5.77. The summed E-state index contributed by atoms with van der Waals surface area (Å²) in [7, 11) is 0. The number of carbonyl (C=O) groups excluding carboxylic acids is 1. The van der Waals surface area contributed by atoms with E-state index in [1.54, 1.807) is 6.92 Å². The fraction of sp³-hybridized carbons (Fsp3) is 0.524. The maximum atomic E-state index is 11.5. The fourth-order valence-corrected chi connectivity index (χ4v) is 4.11. The Morgan fingerprint density at radius 3 is 2.73 bits per heavy atom. The number of amides is 1. The maximum absolute atomic E-state index is 11.5. The van der Waals surface area contributed by atoms with Gasteiger partial charge in [-0.15, -0.1) is 0 Å². The van der Waals surface area contributed by atoms with E-state index in [-0.39, 0.29) is 11.9 Å². The monoisotopic (exact) mass is 354 g/mol. The Morgan fingerprint density at radius 2 is 2.08 bits per heavy atom. The summed E-state index contributed by atoms with van der Waals surface area (Å²) in [5, 5.41) is 7.74. The van der Waals surface area contributed by atoms with Crippen molar-refractivity contribution in [2.45, 2.75) is 53.1 Å². The number of aromatic nitrogens is 2. The van der Waals surface area contributed by atoms with Gasteiger partial charge in [-0.2, -0.15) is 5.10 Å². The van der Waals surface area contributed by atoms with Crippen molar-refractivity contribution in [1.82, 2.24) is 20.0 Å². The highest BCUT2D eigenvalue weighted by Crippen LogP contribution is 2.24. The van der Waals surface area contributed by atoms with Crippen LogP contribution >= 0.6 is 0 Å². The third-order valence-corrected chi connectivity index (χ3v) is 5.14. The SMILES string of the molecule is CCC[C@@H]1CN(Cc2cccc(-n3nc(C)cc3C)c2)C[C@H]1NC(C)=O. The molecule has 2 heterocycles. The van der Waals surface area contributed by atoms with Crippen molar-refractivity contribution in [2.75, 3.05) is 13.1 Å². The molecule has 2 atom stereocenters. The molecule has 1 aromatic carbocycles. The standard InChI is InChI=1S/C21H30N4O/c1-5-7-19-13-24(14-21(19)22-17(4)26)12-18-8-6-9-20(11-18)25-16(3)10-15(2)23-25/h6,8-11,19,21H,5,7,12-14H2,1-4H3,(H,22,26)/t19-,21-/m1/s1. The van der Waals surface area contributed by atoms with Crippen molar-refractivity contribution in [3.8, 4) is 5.69 Å². The molecule has 3 rings (SSSR count). The van der Waals surface area contributed by atoms with Crippen molar-refractivity contribution in [1.29, 1.82) is 0 Å². The third kappa shape index (κ3) is 4.33. The first-order valence-corrected chi connectivity index (χ1v) is 9.58. The zero-order chi connectivity index (χ0) is 18.7. The molecule has 0 unspecified atom stereocenters. The second-order valence-corrected chi connectivity index (χ2v) is 7.56. The molecule has 140 valence electrons. The van der Waals surface area contributed by atoms with Crippen LogP contribution in [-0.4, -0.2) is 39.7 Å². The Hall–Kier alpha value is -2.14. The first-order chi connectivity index (χ1) is 12.5. The molecule has 2 aromatic rings. The van der Waals surface area contributed by atoms with Crippen LogP contribution in [0.2, 0.25) is 0 Å². The van der Waals surface area contributed by atoms with E-state index >= 15 is 0 Å². The highest BCUT2D eigenvalue weighted by molar-refractivity contribution is 5.73. The first-order valence-electron chi connectivity index (χ1n) is 9.58. The summed E-state index contributed by atoms with van der Waals surface area (Å²) in [6, 6.07) is 11.0. The smallest absolute Gasteiger partial charge is 0.217 e. The molecule has 1 fully saturated rings. The number of nitrogens with one attached hydrogen (secondary N) is 1. The van der Waals surface area contributed by atoms with Crippen LogP contribution in [-0.2, 0) is 11.3 Å². The summed E-state index contributed by atoms with van der Waals surface area (Å²) in [6.07, 6.45) is 2.31. The molecule has 1 aliphatic rings. The lowest BCUT2D eigenvalue weighted by Gasteiger charge is -2.18. The summed E-state index contributed by atoms with van der Waals surface area (Å²) in [5.74, 6) is 0.618. The molecular formula is C21H30N4O. The van der Waals surface area contributed by atoms with Gasteiger partial charge in [-0.1, -0.05) is 25.5 Å². The fourth-order valence-electron chi connectivity index (χ4n) is 4.11. The second kappa shape index (κ2) is 8.04. The lowest BCUT2D eigenvalue weighted by atomic mass is 9.98. The average Bonchev–Trinajstić information content (AvgIpc) is 3.10. The van der Waals surface area contributed by atoms with E-state index in [0.29, 0.717) is 5.92 Å². The normalized spacial score (nSPS) is 20.5. The summed E-state index contributed by atoms with van der Waals surface area (Å²) >= 11 is 0. The van der Waals surface area contributed by atoms with Gasteiger partial charge in [0.15, 0.2) is 0 Å². The lowest BCUT2D eigenvalue weighted by Crippen LogP contribution is -2.39. The number of aryl methyl sites for hydroxylation is 2. The van der Waals surface area contributed by atoms with Crippen molar-refractivity contribution in [2.24, 2.45) is 5.92 Å². The molecule has 5 nitrogen and oxygen atoms in total. The number of benzene rings is 1. The van der Waals surface area contributed by atoms with Gasteiger partial charge in [0.2, 0.25) is 5.91 Å². The molecule has 1 N–H and O–H groups in total. The Labute approximate surface area is 156 Å². The van der Waals surface area contributed by atoms with Gasteiger partial charge in [-0.05, 0) is 49.9 Å². The summed E-state index contributed by atoms with van der Waals surface area (Å²) < 4.78 is 2.00. The topological polar surface area (TPSA) is 50.2 Å². The van der Waals surface area contributed by atoms with E-state index in [9.17, 15) is 4.79 Å². The molecule has 1 aromatic heterocycles. The highest BCUT2D eigenvalue weighted by Gasteiger charge is 2.32. The Balaban J connectivity index is 1.72. The molecule has 26 heavy (non-hydrogen) atoms.